The molecule has 15 heteroatoms. The summed E-state index contributed by atoms with van der Waals surface area (Å²) in [5.41, 5.74) is 21.9. The van der Waals surface area contributed by atoms with Crippen LogP contribution in [0.1, 0.15) is 24.8 Å². The highest BCUT2D eigenvalue weighted by Crippen LogP contribution is 2.11. The fourth-order valence-corrected chi connectivity index (χ4v) is 2.94. The molecule has 4 amide bonds. The van der Waals surface area contributed by atoms with Gasteiger partial charge < -0.3 is 49.1 Å². The minimum Gasteiger partial charge on any atom is -0.508 e. The Balaban J connectivity index is 2.65. The Bertz CT molecular complexity index is 964. The van der Waals surface area contributed by atoms with E-state index in [9.17, 15) is 34.2 Å². The van der Waals surface area contributed by atoms with Gasteiger partial charge >= 0.3 is 5.97 Å². The molecule has 198 valence electrons. The second kappa shape index (κ2) is 14.8. The van der Waals surface area contributed by atoms with Gasteiger partial charge in [-0.3, -0.25) is 24.2 Å². The molecule has 13 N–H and O–H groups in total. The molecule has 0 aliphatic carbocycles. The van der Waals surface area contributed by atoms with Crippen molar-refractivity contribution in [1.29, 1.82) is 0 Å². The highest BCUT2D eigenvalue weighted by molar-refractivity contribution is 5.95. The lowest BCUT2D eigenvalue weighted by Gasteiger charge is -2.20. The van der Waals surface area contributed by atoms with Gasteiger partial charge in [0.1, 0.15) is 17.8 Å². The molecule has 0 saturated carbocycles. The second-order valence-electron chi connectivity index (χ2n) is 7.83. The number of nitrogens with two attached hydrogens (primary N) is 4. The first kappa shape index (κ1) is 29.6. The van der Waals surface area contributed by atoms with Crippen LogP contribution in [0.25, 0.3) is 0 Å². The van der Waals surface area contributed by atoms with Gasteiger partial charge in [-0.1, -0.05) is 12.1 Å². The number of guanidine groups is 1. The van der Waals surface area contributed by atoms with Crippen molar-refractivity contribution in [3.8, 4) is 5.75 Å². The van der Waals surface area contributed by atoms with E-state index in [4.69, 9.17) is 22.9 Å². The number of primary amides is 1. The smallest absolute Gasteiger partial charge is 0.326 e. The molecule has 1 aromatic rings. The summed E-state index contributed by atoms with van der Waals surface area (Å²) >= 11 is 0. The predicted molar refractivity (Wildman–Crippen MR) is 128 cm³/mol. The summed E-state index contributed by atoms with van der Waals surface area (Å²) in [5, 5.41) is 25.5. The Hall–Kier alpha value is -4.40. The van der Waals surface area contributed by atoms with Crippen molar-refractivity contribution >= 4 is 35.6 Å². The maximum absolute atomic E-state index is 12.5. The molecule has 0 aliphatic rings. The molecule has 0 radical (unpaired) electrons. The average Bonchev–Trinajstić information content (AvgIpc) is 2.80. The summed E-state index contributed by atoms with van der Waals surface area (Å²) < 4.78 is 0. The van der Waals surface area contributed by atoms with E-state index in [-0.39, 0.29) is 31.1 Å². The molecule has 1 rings (SSSR count). The maximum Gasteiger partial charge on any atom is 0.326 e. The zero-order chi connectivity index (χ0) is 27.3. The number of carbonyl (C=O) groups excluding carboxylic acids is 4. The Labute approximate surface area is 206 Å². The minimum absolute atomic E-state index is 0.00174. The molecule has 0 saturated heterocycles. The maximum atomic E-state index is 12.5. The number of phenols is 1. The Morgan fingerprint density at radius 2 is 1.58 bits per heavy atom. The number of nitrogens with zero attached hydrogens (tertiary/aromatic N) is 1. The summed E-state index contributed by atoms with van der Waals surface area (Å²) in [7, 11) is 0. The number of hydrogen-bond donors (Lipinski definition) is 9. The van der Waals surface area contributed by atoms with E-state index < -0.39 is 60.7 Å². The summed E-state index contributed by atoms with van der Waals surface area (Å²) in [6.07, 6.45) is -0.0585. The van der Waals surface area contributed by atoms with E-state index in [1.54, 1.807) is 0 Å². The van der Waals surface area contributed by atoms with Crippen LogP contribution >= 0.6 is 0 Å². The number of amides is 4. The number of phenolic OH excluding ortho intramolecular Hbond substituents is 1. The summed E-state index contributed by atoms with van der Waals surface area (Å²) in [4.78, 5) is 63.6. The first-order chi connectivity index (χ1) is 16.9. The van der Waals surface area contributed by atoms with Gasteiger partial charge in [0.2, 0.25) is 23.6 Å². The largest absolute Gasteiger partial charge is 0.508 e. The Morgan fingerprint density at radius 1 is 0.944 bits per heavy atom. The van der Waals surface area contributed by atoms with Crippen LogP contribution in [0.5, 0.6) is 5.75 Å². The molecule has 0 bridgehead atoms. The number of carboxylic acids is 1. The molecular weight excluding hydrogens is 476 g/mol. The number of benzene rings is 1. The molecule has 0 aliphatic heterocycles. The van der Waals surface area contributed by atoms with E-state index >= 15 is 0 Å². The number of aliphatic imine (C=N–C) groups is 1. The lowest BCUT2D eigenvalue weighted by molar-refractivity contribution is -0.141. The van der Waals surface area contributed by atoms with Crippen molar-refractivity contribution in [3.63, 3.8) is 0 Å². The predicted octanol–water partition coefficient (Wildman–Crippen LogP) is -3.64. The van der Waals surface area contributed by atoms with Gasteiger partial charge in [-0.25, -0.2) is 4.79 Å². The quantitative estimate of drug-likeness (QED) is 0.0636. The van der Waals surface area contributed by atoms with Crippen molar-refractivity contribution in [2.45, 2.75) is 43.8 Å². The third-order valence-corrected chi connectivity index (χ3v) is 4.78. The lowest BCUT2D eigenvalue weighted by atomic mass is 10.1. The lowest BCUT2D eigenvalue weighted by Crippen LogP contribution is -2.54. The summed E-state index contributed by atoms with van der Waals surface area (Å²) in [5.74, 6) is -4.75. The van der Waals surface area contributed by atoms with Gasteiger partial charge in [0.05, 0.1) is 19.0 Å². The first-order valence-electron chi connectivity index (χ1n) is 10.9. The van der Waals surface area contributed by atoms with Crippen molar-refractivity contribution in [2.75, 3.05) is 13.1 Å². The van der Waals surface area contributed by atoms with E-state index in [0.717, 1.165) is 0 Å². The molecule has 3 unspecified atom stereocenters. The van der Waals surface area contributed by atoms with E-state index in [0.29, 0.717) is 12.0 Å². The number of carboxylic acid groups (broad SMARTS) is 1. The number of rotatable bonds is 15. The SMILES string of the molecule is NC(=O)CC(NC(=O)C(N)CCCN=C(N)N)C(=O)NCC(=O)NC(Cc1ccc(O)cc1)C(=O)O. The Morgan fingerprint density at radius 3 is 2.14 bits per heavy atom. The second-order valence-corrected chi connectivity index (χ2v) is 7.83. The normalized spacial score (nSPS) is 12.9. The third-order valence-electron chi connectivity index (χ3n) is 4.78. The fraction of sp³-hybridized carbons (Fsp3) is 0.429. The number of hydrogen-bond acceptors (Lipinski definition) is 8. The Kier molecular flexibility index (Phi) is 12.2. The van der Waals surface area contributed by atoms with Gasteiger partial charge in [-0.15, -0.1) is 0 Å². The van der Waals surface area contributed by atoms with Crippen LogP contribution in [0.15, 0.2) is 29.3 Å². The third kappa shape index (κ3) is 11.6. The molecule has 0 spiro atoms. The molecule has 36 heavy (non-hydrogen) atoms. The first-order valence-corrected chi connectivity index (χ1v) is 10.9. The van der Waals surface area contributed by atoms with Gasteiger partial charge in [0.25, 0.3) is 0 Å². The van der Waals surface area contributed by atoms with Crippen molar-refractivity contribution in [3.05, 3.63) is 29.8 Å². The topological polar surface area (TPSA) is 278 Å². The van der Waals surface area contributed by atoms with Crippen molar-refractivity contribution in [2.24, 2.45) is 27.9 Å². The van der Waals surface area contributed by atoms with Crippen LogP contribution < -0.4 is 38.9 Å². The molecule has 3 atom stereocenters. The fourth-order valence-electron chi connectivity index (χ4n) is 2.94. The van der Waals surface area contributed by atoms with Crippen LogP contribution in [0.3, 0.4) is 0 Å². The molecule has 0 aromatic heterocycles. The number of aromatic hydroxyl groups is 1. The van der Waals surface area contributed by atoms with Crippen LogP contribution in [0, 0.1) is 0 Å². The summed E-state index contributed by atoms with van der Waals surface area (Å²) in [6.45, 7) is -0.387. The van der Waals surface area contributed by atoms with Gasteiger partial charge in [-0.2, -0.15) is 0 Å². The minimum atomic E-state index is -1.40. The highest BCUT2D eigenvalue weighted by Gasteiger charge is 2.26. The van der Waals surface area contributed by atoms with E-state index in [1.807, 2.05) is 0 Å². The van der Waals surface area contributed by atoms with Gasteiger partial charge in [0, 0.05) is 13.0 Å². The molecule has 0 fully saturated rings. The number of carbonyl (C=O) groups is 5. The van der Waals surface area contributed by atoms with E-state index in [1.165, 1.54) is 24.3 Å². The van der Waals surface area contributed by atoms with Crippen molar-refractivity contribution < 1.29 is 34.2 Å². The van der Waals surface area contributed by atoms with Crippen LogP contribution in [0.2, 0.25) is 0 Å². The average molecular weight is 509 g/mol. The van der Waals surface area contributed by atoms with Crippen LogP contribution in [-0.4, -0.2) is 77.0 Å². The van der Waals surface area contributed by atoms with Crippen LogP contribution in [0.4, 0.5) is 0 Å². The summed E-state index contributed by atoms with van der Waals surface area (Å²) in [6, 6.07) is 2.01. The van der Waals surface area contributed by atoms with Gasteiger partial charge in [0.15, 0.2) is 5.96 Å². The monoisotopic (exact) mass is 508 g/mol. The number of aliphatic carboxylic acids is 1. The van der Waals surface area contributed by atoms with E-state index in [2.05, 4.69) is 20.9 Å². The van der Waals surface area contributed by atoms with Crippen molar-refractivity contribution in [1.82, 2.24) is 16.0 Å². The molecule has 15 nitrogen and oxygen atoms in total. The zero-order valence-electron chi connectivity index (χ0n) is 19.5. The molecular formula is C21H32N8O7. The van der Waals surface area contributed by atoms with Crippen LogP contribution in [-0.2, 0) is 30.4 Å². The standard InChI is InChI=1S/C21H32N8O7/c22-13(2-1-7-26-21(24)25)18(33)29-14(9-16(23)31)19(34)27-10-17(32)28-15(20(35)36)8-11-3-5-12(30)6-4-11/h3-6,13-15,30H,1-2,7-10,22H2,(H2,23,31)(H,27,34)(H,28,32)(H,29,33)(H,35,36)(H4,24,25,26). The highest BCUT2D eigenvalue weighted by atomic mass is 16.4. The zero-order valence-corrected chi connectivity index (χ0v) is 19.5. The van der Waals surface area contributed by atoms with Gasteiger partial charge in [-0.05, 0) is 30.5 Å². The number of nitrogens with one attached hydrogen (secondary N) is 3. The molecule has 0 heterocycles. The molecule has 1 aromatic carbocycles.